The van der Waals surface area contributed by atoms with Crippen molar-refractivity contribution < 1.29 is 4.74 Å². The van der Waals surface area contributed by atoms with Crippen LogP contribution in [-0.4, -0.2) is 33.9 Å². The maximum atomic E-state index is 8.78. The zero-order chi connectivity index (χ0) is 20.5. The first-order valence-corrected chi connectivity index (χ1v) is 10.6. The van der Waals surface area contributed by atoms with E-state index >= 15 is 0 Å². The molecule has 0 spiro atoms. The fraction of sp³-hybridized carbons (Fsp3) is 0.478. The summed E-state index contributed by atoms with van der Waals surface area (Å²) in [5.74, 6) is 1.15. The van der Waals surface area contributed by atoms with Gasteiger partial charge in [-0.15, -0.1) is 0 Å². The maximum absolute atomic E-state index is 8.78. The zero-order valence-electron chi connectivity index (χ0n) is 17.3. The van der Waals surface area contributed by atoms with Gasteiger partial charge in [-0.25, -0.2) is 0 Å². The Morgan fingerprint density at radius 1 is 1.10 bits per heavy atom. The van der Waals surface area contributed by atoms with Crippen LogP contribution in [0.15, 0.2) is 42.6 Å². The molecule has 29 heavy (non-hydrogen) atoms. The van der Waals surface area contributed by atoms with Gasteiger partial charge in [-0.3, -0.25) is 20.3 Å². The van der Waals surface area contributed by atoms with Gasteiger partial charge >= 0.3 is 0 Å². The standard InChI is InChI=1S/C23H31N5O/c1-15(2)27-13-5-8-20(27)23(26)28-14-16(9-12-22(28)25)29-21-11-10-19(24)17-6-3-4-7-18(17)21/h3-4,6-7,9,12,14-15,19-21,25-26H,5,8,10-11,13,24H2,1-2H3. The number of nitrogens with two attached hydrogens (primary N) is 1. The average Bonchev–Trinajstić information content (AvgIpc) is 3.21. The van der Waals surface area contributed by atoms with E-state index in [9.17, 15) is 0 Å². The highest BCUT2D eigenvalue weighted by atomic mass is 16.5. The summed E-state index contributed by atoms with van der Waals surface area (Å²) in [6.45, 7) is 5.35. The Morgan fingerprint density at radius 3 is 2.62 bits per heavy atom. The number of pyridine rings is 1. The summed E-state index contributed by atoms with van der Waals surface area (Å²) >= 11 is 0. The fourth-order valence-corrected chi connectivity index (χ4v) is 4.68. The molecular weight excluding hydrogens is 362 g/mol. The van der Waals surface area contributed by atoms with Crippen LogP contribution in [0.5, 0.6) is 5.75 Å². The Morgan fingerprint density at radius 2 is 1.86 bits per heavy atom. The van der Waals surface area contributed by atoms with E-state index in [1.165, 1.54) is 0 Å². The SMILES string of the molecule is CC(C)N1CCCC1C(=N)n1cc(OC2CCC(N)c3ccccc32)ccc1=N. The molecule has 1 aliphatic carbocycles. The van der Waals surface area contributed by atoms with Crippen molar-refractivity contribution in [2.45, 2.75) is 63.8 Å². The molecule has 1 aliphatic heterocycles. The van der Waals surface area contributed by atoms with Gasteiger partial charge in [0.15, 0.2) is 0 Å². The van der Waals surface area contributed by atoms with Gasteiger partial charge in [0.25, 0.3) is 0 Å². The fourth-order valence-electron chi connectivity index (χ4n) is 4.68. The van der Waals surface area contributed by atoms with Crippen LogP contribution < -0.4 is 16.0 Å². The second-order valence-electron chi connectivity index (χ2n) is 8.41. The third kappa shape index (κ3) is 3.87. The van der Waals surface area contributed by atoms with Crippen molar-refractivity contribution >= 4 is 5.84 Å². The Balaban J connectivity index is 1.59. The molecule has 1 fully saturated rings. The summed E-state index contributed by atoms with van der Waals surface area (Å²) in [7, 11) is 0. The third-order valence-electron chi connectivity index (χ3n) is 6.21. The van der Waals surface area contributed by atoms with E-state index in [0.29, 0.717) is 23.1 Å². The van der Waals surface area contributed by atoms with Crippen molar-refractivity contribution in [3.8, 4) is 5.75 Å². The van der Waals surface area contributed by atoms with E-state index in [0.717, 1.165) is 43.4 Å². The van der Waals surface area contributed by atoms with Gasteiger partial charge < -0.3 is 10.5 Å². The number of fused-ring (bicyclic) bond motifs is 1. The van der Waals surface area contributed by atoms with Crippen LogP contribution in [0.2, 0.25) is 0 Å². The first-order valence-electron chi connectivity index (χ1n) is 10.6. The van der Waals surface area contributed by atoms with Crippen molar-refractivity contribution in [2.24, 2.45) is 5.73 Å². The van der Waals surface area contributed by atoms with Crippen molar-refractivity contribution in [3.63, 3.8) is 0 Å². The number of nitrogens with one attached hydrogen (secondary N) is 2. The predicted octanol–water partition coefficient (Wildman–Crippen LogP) is 3.58. The molecule has 3 unspecified atom stereocenters. The van der Waals surface area contributed by atoms with E-state index < -0.39 is 0 Å². The highest BCUT2D eigenvalue weighted by Gasteiger charge is 2.31. The first-order chi connectivity index (χ1) is 14.0. The highest BCUT2D eigenvalue weighted by Crippen LogP contribution is 2.37. The van der Waals surface area contributed by atoms with Crippen LogP contribution in [0.25, 0.3) is 0 Å². The Kier molecular flexibility index (Phi) is 5.56. The number of aromatic nitrogens is 1. The Bertz CT molecular complexity index is 950. The van der Waals surface area contributed by atoms with Crippen LogP contribution in [0.1, 0.15) is 62.8 Å². The molecule has 2 heterocycles. The summed E-state index contributed by atoms with van der Waals surface area (Å²) in [6, 6.07) is 12.3. The lowest BCUT2D eigenvalue weighted by atomic mass is 9.86. The second-order valence-corrected chi connectivity index (χ2v) is 8.41. The predicted molar refractivity (Wildman–Crippen MR) is 114 cm³/mol. The average molecular weight is 394 g/mol. The minimum atomic E-state index is -0.0520. The summed E-state index contributed by atoms with van der Waals surface area (Å²) in [5.41, 5.74) is 8.88. The summed E-state index contributed by atoms with van der Waals surface area (Å²) in [4.78, 5) is 2.35. The Labute approximate surface area is 172 Å². The summed E-state index contributed by atoms with van der Waals surface area (Å²) in [6.07, 6.45) is 5.56. The van der Waals surface area contributed by atoms with Crippen molar-refractivity contribution in [1.29, 1.82) is 10.8 Å². The van der Waals surface area contributed by atoms with Crippen molar-refractivity contribution in [3.05, 3.63) is 59.2 Å². The number of hydrogen-bond acceptors (Lipinski definition) is 5. The molecule has 6 nitrogen and oxygen atoms in total. The monoisotopic (exact) mass is 393 g/mol. The van der Waals surface area contributed by atoms with Gasteiger partial charge in [0.05, 0.1) is 12.2 Å². The lowest BCUT2D eigenvalue weighted by molar-refractivity contribution is 0.176. The molecule has 2 aliphatic rings. The molecule has 0 bridgehead atoms. The molecule has 2 aromatic rings. The zero-order valence-corrected chi connectivity index (χ0v) is 17.3. The Hall–Kier alpha value is -2.44. The molecule has 154 valence electrons. The van der Waals surface area contributed by atoms with Crippen LogP contribution >= 0.6 is 0 Å². The number of nitrogens with zero attached hydrogens (tertiary/aromatic N) is 2. The topological polar surface area (TPSA) is 91.1 Å². The maximum Gasteiger partial charge on any atom is 0.137 e. The molecule has 4 N–H and O–H groups in total. The van der Waals surface area contributed by atoms with Gasteiger partial charge in [0.2, 0.25) is 0 Å². The smallest absolute Gasteiger partial charge is 0.137 e. The van der Waals surface area contributed by atoms with E-state index in [2.05, 4.69) is 30.9 Å². The molecule has 0 saturated carbocycles. The van der Waals surface area contributed by atoms with Crippen LogP contribution in [0.3, 0.4) is 0 Å². The quantitative estimate of drug-likeness (QED) is 0.548. The lowest BCUT2D eigenvalue weighted by Crippen LogP contribution is -2.45. The second kappa shape index (κ2) is 8.13. The van der Waals surface area contributed by atoms with E-state index in [-0.39, 0.29) is 18.2 Å². The van der Waals surface area contributed by atoms with E-state index in [1.54, 1.807) is 16.8 Å². The minimum Gasteiger partial charge on any atom is -0.484 e. The molecule has 4 rings (SSSR count). The normalized spacial score (nSPS) is 24.5. The van der Waals surface area contributed by atoms with Crippen LogP contribution in [0, 0.1) is 10.8 Å². The molecule has 1 aromatic carbocycles. The minimum absolute atomic E-state index is 0.0488. The molecule has 0 radical (unpaired) electrons. The molecule has 3 atom stereocenters. The number of benzene rings is 1. The van der Waals surface area contributed by atoms with Gasteiger partial charge in [-0.05, 0) is 69.3 Å². The first kappa shape index (κ1) is 19.9. The number of rotatable bonds is 4. The lowest BCUT2D eigenvalue weighted by Gasteiger charge is -2.31. The van der Waals surface area contributed by atoms with Crippen molar-refractivity contribution in [2.75, 3.05) is 6.54 Å². The number of hydrogen-bond donors (Lipinski definition) is 3. The number of likely N-dealkylation sites (tertiary alicyclic amines) is 1. The molecular formula is C23H31N5O. The largest absolute Gasteiger partial charge is 0.484 e. The molecule has 1 saturated heterocycles. The van der Waals surface area contributed by atoms with E-state index in [4.69, 9.17) is 21.3 Å². The third-order valence-corrected chi connectivity index (χ3v) is 6.21. The van der Waals surface area contributed by atoms with E-state index in [1.807, 2.05) is 18.2 Å². The van der Waals surface area contributed by atoms with Gasteiger partial charge in [-0.2, -0.15) is 0 Å². The van der Waals surface area contributed by atoms with Gasteiger partial charge in [-0.1, -0.05) is 24.3 Å². The summed E-state index contributed by atoms with van der Waals surface area (Å²) < 4.78 is 8.01. The highest BCUT2D eigenvalue weighted by molar-refractivity contribution is 5.87. The molecule has 1 aromatic heterocycles. The van der Waals surface area contributed by atoms with Gasteiger partial charge in [0.1, 0.15) is 23.2 Å². The summed E-state index contributed by atoms with van der Waals surface area (Å²) in [5, 5.41) is 17.1. The van der Waals surface area contributed by atoms with Crippen LogP contribution in [0.4, 0.5) is 0 Å². The molecule has 6 heteroatoms. The molecule has 0 amide bonds. The van der Waals surface area contributed by atoms with Gasteiger partial charge in [0, 0.05) is 12.1 Å². The van der Waals surface area contributed by atoms with Crippen molar-refractivity contribution in [1.82, 2.24) is 9.47 Å². The van der Waals surface area contributed by atoms with Crippen LogP contribution in [-0.2, 0) is 0 Å². The number of ether oxygens (including phenoxy) is 1.